The van der Waals surface area contributed by atoms with Gasteiger partial charge in [0, 0.05) is 17.8 Å². The van der Waals surface area contributed by atoms with Gasteiger partial charge in [-0.1, -0.05) is 38.0 Å². The first kappa shape index (κ1) is 22.3. The SMILES string of the molecule is CCCCCC(=O)Nc1cccc(NC(=O)CNc2ccccc2OC(C)C)c1. The summed E-state index contributed by atoms with van der Waals surface area (Å²) < 4.78 is 5.75. The van der Waals surface area contributed by atoms with Crippen LogP contribution in [0, 0.1) is 0 Å². The smallest absolute Gasteiger partial charge is 0.243 e. The van der Waals surface area contributed by atoms with Crippen molar-refractivity contribution in [2.75, 3.05) is 22.5 Å². The molecule has 0 aliphatic rings. The standard InChI is InChI=1S/C23H31N3O3/c1-4-5-6-14-22(27)25-18-10-9-11-19(15-18)26-23(28)16-24-20-12-7-8-13-21(20)29-17(2)3/h7-13,15,17,24H,4-6,14,16H2,1-3H3,(H,25,27)(H,26,28). The van der Waals surface area contributed by atoms with Crippen molar-refractivity contribution < 1.29 is 14.3 Å². The largest absolute Gasteiger partial charge is 0.489 e. The topological polar surface area (TPSA) is 79.5 Å². The van der Waals surface area contributed by atoms with Crippen molar-refractivity contribution in [3.05, 3.63) is 48.5 Å². The fourth-order valence-corrected chi connectivity index (χ4v) is 2.78. The van der Waals surface area contributed by atoms with Gasteiger partial charge >= 0.3 is 0 Å². The molecule has 0 aromatic heterocycles. The van der Waals surface area contributed by atoms with Gasteiger partial charge in [0.05, 0.1) is 18.3 Å². The molecule has 0 fully saturated rings. The first-order valence-corrected chi connectivity index (χ1v) is 10.2. The fourth-order valence-electron chi connectivity index (χ4n) is 2.78. The van der Waals surface area contributed by atoms with E-state index < -0.39 is 0 Å². The lowest BCUT2D eigenvalue weighted by Gasteiger charge is -2.15. The molecule has 0 aliphatic carbocycles. The number of benzene rings is 2. The first-order chi connectivity index (χ1) is 14.0. The van der Waals surface area contributed by atoms with E-state index in [-0.39, 0.29) is 24.5 Å². The number of para-hydroxylation sites is 2. The van der Waals surface area contributed by atoms with Gasteiger partial charge in [-0.2, -0.15) is 0 Å². The number of carbonyl (C=O) groups is 2. The second kappa shape index (κ2) is 11.7. The van der Waals surface area contributed by atoms with Gasteiger partial charge in [-0.3, -0.25) is 9.59 Å². The molecule has 2 amide bonds. The highest BCUT2D eigenvalue weighted by atomic mass is 16.5. The Balaban J connectivity index is 1.87. The maximum absolute atomic E-state index is 12.3. The molecule has 0 unspecified atom stereocenters. The average molecular weight is 398 g/mol. The summed E-state index contributed by atoms with van der Waals surface area (Å²) >= 11 is 0. The Labute approximate surface area is 173 Å². The van der Waals surface area contributed by atoms with Gasteiger partial charge in [-0.05, 0) is 50.6 Å². The van der Waals surface area contributed by atoms with Crippen LogP contribution in [0.5, 0.6) is 5.75 Å². The number of rotatable bonds is 11. The van der Waals surface area contributed by atoms with Gasteiger partial charge in [0.15, 0.2) is 0 Å². The van der Waals surface area contributed by atoms with Crippen LogP contribution >= 0.6 is 0 Å². The molecule has 2 rings (SSSR count). The summed E-state index contributed by atoms with van der Waals surface area (Å²) in [5.74, 6) is 0.518. The van der Waals surface area contributed by atoms with Crippen LogP contribution in [0.25, 0.3) is 0 Å². The zero-order valence-corrected chi connectivity index (χ0v) is 17.5. The van der Waals surface area contributed by atoms with Crippen molar-refractivity contribution >= 4 is 28.9 Å². The minimum Gasteiger partial charge on any atom is -0.489 e. The Morgan fingerprint density at radius 2 is 1.62 bits per heavy atom. The quantitative estimate of drug-likeness (QED) is 0.464. The van der Waals surface area contributed by atoms with Gasteiger partial charge in [0.1, 0.15) is 5.75 Å². The predicted molar refractivity (Wildman–Crippen MR) is 119 cm³/mol. The predicted octanol–water partition coefficient (Wildman–Crippen LogP) is 5.04. The number of hydrogen-bond donors (Lipinski definition) is 3. The summed E-state index contributed by atoms with van der Waals surface area (Å²) in [6, 6.07) is 14.7. The number of amides is 2. The lowest BCUT2D eigenvalue weighted by atomic mass is 10.2. The van der Waals surface area contributed by atoms with Crippen LogP contribution in [0.3, 0.4) is 0 Å². The number of carbonyl (C=O) groups excluding carboxylic acids is 2. The zero-order chi connectivity index (χ0) is 21.1. The zero-order valence-electron chi connectivity index (χ0n) is 17.5. The van der Waals surface area contributed by atoms with Crippen LogP contribution < -0.4 is 20.7 Å². The van der Waals surface area contributed by atoms with Crippen molar-refractivity contribution in [3.8, 4) is 5.75 Å². The summed E-state index contributed by atoms with van der Waals surface area (Å²) in [4.78, 5) is 24.3. The Morgan fingerprint density at radius 3 is 2.31 bits per heavy atom. The normalized spacial score (nSPS) is 10.5. The lowest BCUT2D eigenvalue weighted by Crippen LogP contribution is -2.22. The van der Waals surface area contributed by atoms with Gasteiger partial charge in [0.25, 0.3) is 0 Å². The van der Waals surface area contributed by atoms with Crippen molar-refractivity contribution in [1.29, 1.82) is 0 Å². The fraction of sp³-hybridized carbons (Fsp3) is 0.391. The minimum atomic E-state index is -0.184. The minimum absolute atomic E-state index is 0.00893. The van der Waals surface area contributed by atoms with Crippen molar-refractivity contribution in [3.63, 3.8) is 0 Å². The second-order valence-corrected chi connectivity index (χ2v) is 7.15. The van der Waals surface area contributed by atoms with E-state index in [1.165, 1.54) is 0 Å². The molecule has 0 aliphatic heterocycles. The molecule has 2 aromatic carbocycles. The summed E-state index contributed by atoms with van der Waals surface area (Å²) in [5.41, 5.74) is 2.08. The molecule has 29 heavy (non-hydrogen) atoms. The van der Waals surface area contributed by atoms with Gasteiger partial charge in [-0.15, -0.1) is 0 Å². The Bertz CT molecular complexity index is 805. The van der Waals surface area contributed by atoms with E-state index in [0.29, 0.717) is 23.5 Å². The molecular weight excluding hydrogens is 366 g/mol. The van der Waals surface area contributed by atoms with Crippen LogP contribution in [0.1, 0.15) is 46.5 Å². The molecule has 6 heteroatoms. The second-order valence-electron chi connectivity index (χ2n) is 7.15. The molecule has 6 nitrogen and oxygen atoms in total. The first-order valence-electron chi connectivity index (χ1n) is 10.2. The van der Waals surface area contributed by atoms with E-state index in [9.17, 15) is 9.59 Å². The van der Waals surface area contributed by atoms with E-state index >= 15 is 0 Å². The molecular formula is C23H31N3O3. The highest BCUT2D eigenvalue weighted by Gasteiger charge is 2.08. The number of hydrogen-bond acceptors (Lipinski definition) is 4. The van der Waals surface area contributed by atoms with E-state index in [4.69, 9.17) is 4.74 Å². The Morgan fingerprint density at radius 1 is 0.931 bits per heavy atom. The summed E-state index contributed by atoms with van der Waals surface area (Å²) in [6.45, 7) is 6.12. The van der Waals surface area contributed by atoms with Crippen molar-refractivity contribution in [2.45, 2.75) is 52.6 Å². The van der Waals surface area contributed by atoms with Gasteiger partial charge < -0.3 is 20.7 Å². The van der Waals surface area contributed by atoms with Crippen molar-refractivity contribution in [1.82, 2.24) is 0 Å². The van der Waals surface area contributed by atoms with Crippen molar-refractivity contribution in [2.24, 2.45) is 0 Å². The summed E-state index contributed by atoms with van der Waals surface area (Å²) in [7, 11) is 0. The molecule has 2 aromatic rings. The molecule has 0 saturated heterocycles. The Kier molecular flexibility index (Phi) is 9.02. The van der Waals surface area contributed by atoms with Crippen LogP contribution in [0.2, 0.25) is 0 Å². The van der Waals surface area contributed by atoms with E-state index in [0.717, 1.165) is 24.9 Å². The third-order valence-corrected chi connectivity index (χ3v) is 4.13. The highest BCUT2D eigenvalue weighted by molar-refractivity contribution is 5.95. The molecule has 0 atom stereocenters. The van der Waals surface area contributed by atoms with Gasteiger partial charge in [-0.25, -0.2) is 0 Å². The molecule has 0 spiro atoms. The summed E-state index contributed by atoms with van der Waals surface area (Å²) in [6.07, 6.45) is 3.56. The third kappa shape index (κ3) is 8.25. The number of ether oxygens (including phenoxy) is 1. The molecule has 0 heterocycles. The van der Waals surface area contributed by atoms with E-state index in [1.54, 1.807) is 18.2 Å². The molecule has 0 radical (unpaired) electrons. The molecule has 0 bridgehead atoms. The maximum Gasteiger partial charge on any atom is 0.243 e. The maximum atomic E-state index is 12.3. The van der Waals surface area contributed by atoms with Crippen LogP contribution in [-0.2, 0) is 9.59 Å². The third-order valence-electron chi connectivity index (χ3n) is 4.13. The Hall–Kier alpha value is -3.02. The van der Waals surface area contributed by atoms with Gasteiger partial charge in [0.2, 0.25) is 11.8 Å². The molecule has 3 N–H and O–H groups in total. The number of unbranched alkanes of at least 4 members (excludes halogenated alkanes) is 2. The highest BCUT2D eigenvalue weighted by Crippen LogP contribution is 2.24. The lowest BCUT2D eigenvalue weighted by molar-refractivity contribution is -0.116. The molecule has 156 valence electrons. The monoisotopic (exact) mass is 397 g/mol. The number of nitrogens with one attached hydrogen (secondary N) is 3. The molecule has 0 saturated carbocycles. The van der Waals surface area contributed by atoms with E-state index in [2.05, 4.69) is 22.9 Å². The average Bonchev–Trinajstić information content (AvgIpc) is 2.67. The number of anilines is 3. The van der Waals surface area contributed by atoms with E-state index in [1.807, 2.05) is 44.2 Å². The van der Waals surface area contributed by atoms with Crippen LogP contribution in [-0.4, -0.2) is 24.5 Å². The van der Waals surface area contributed by atoms with Crippen LogP contribution in [0.15, 0.2) is 48.5 Å². The summed E-state index contributed by atoms with van der Waals surface area (Å²) in [5, 5.41) is 8.83. The van der Waals surface area contributed by atoms with Crippen LogP contribution in [0.4, 0.5) is 17.1 Å².